The average molecular weight is 348 g/mol. The van der Waals surface area contributed by atoms with Gasteiger partial charge in [0.25, 0.3) is 0 Å². The van der Waals surface area contributed by atoms with E-state index in [0.717, 1.165) is 12.7 Å². The van der Waals surface area contributed by atoms with Crippen molar-refractivity contribution in [1.29, 1.82) is 1.34 Å². The number of hydrogen-bond donors (Lipinski definition) is 1. The molecule has 3 heterocycles. The number of nitrogens with two attached hydrogens (primary N) is 1. The lowest BCUT2D eigenvalue weighted by molar-refractivity contribution is -0.147. The van der Waals surface area contributed by atoms with Gasteiger partial charge in [0.1, 0.15) is 24.1 Å². The van der Waals surface area contributed by atoms with Crippen LogP contribution in [0.1, 0.15) is 19.9 Å². The third-order valence-electron chi connectivity index (χ3n) is 4.23. The molecule has 0 bridgehead atoms. The summed E-state index contributed by atoms with van der Waals surface area (Å²) in [6, 6.07) is -0.219. The molecule has 1 radical (unpaired) electrons. The summed E-state index contributed by atoms with van der Waals surface area (Å²) < 4.78 is 33.0. The quantitative estimate of drug-likeness (QED) is 0.611. The fourth-order valence-corrected chi connectivity index (χ4v) is 3.94. The van der Waals surface area contributed by atoms with Crippen LogP contribution >= 0.6 is 0 Å². The van der Waals surface area contributed by atoms with Crippen LogP contribution in [0.4, 0.5) is 5.82 Å². The number of ether oxygens (including phenoxy) is 2. The average Bonchev–Trinajstić information content (AvgIpc) is 3.20. The van der Waals surface area contributed by atoms with E-state index in [-0.39, 0.29) is 24.0 Å². The van der Waals surface area contributed by atoms with Gasteiger partial charge >= 0.3 is 0 Å². The number of nitrogens with zero attached hydrogens (tertiary/aromatic N) is 4. The number of hydrogen-bond acceptors (Lipinski definition) is 7. The summed E-state index contributed by atoms with van der Waals surface area (Å²) in [4.78, 5) is 12.5. The summed E-state index contributed by atoms with van der Waals surface area (Å²) in [5, 5.41) is 0. The maximum absolute atomic E-state index is 11.8. The Morgan fingerprint density at radius 2 is 2.29 bits per heavy atom. The first-order valence-corrected chi connectivity index (χ1v) is 8.86. The van der Waals surface area contributed by atoms with E-state index < -0.39 is 16.4 Å². The predicted octanol–water partition coefficient (Wildman–Crippen LogP) is -0.0258. The molecule has 0 amide bonds. The second kappa shape index (κ2) is 5.37. The molecular weight excluding hydrogens is 329 g/mol. The van der Waals surface area contributed by atoms with E-state index in [9.17, 15) is 4.21 Å². The molecule has 0 spiro atoms. The number of rotatable bonds is 4. The molecule has 10 heteroatoms. The Kier molecular flexibility index (Phi) is 3.25. The van der Waals surface area contributed by atoms with E-state index in [4.69, 9.17) is 16.5 Å². The van der Waals surface area contributed by atoms with Crippen molar-refractivity contribution < 1.29 is 13.7 Å². The van der Waals surface area contributed by atoms with Crippen molar-refractivity contribution >= 4 is 34.7 Å². The van der Waals surface area contributed by atoms with E-state index in [0.29, 0.717) is 17.0 Å². The van der Waals surface area contributed by atoms with Crippen LogP contribution in [0, 0.1) is 0 Å². The number of fused-ring (bicyclic) bond motifs is 2. The van der Waals surface area contributed by atoms with Crippen LogP contribution in [0.15, 0.2) is 24.3 Å². The molecule has 2 aromatic heterocycles. The summed E-state index contributed by atoms with van der Waals surface area (Å²) in [7, 11) is -0.441. The lowest BCUT2D eigenvalue weighted by Crippen LogP contribution is -2.28. The van der Waals surface area contributed by atoms with Crippen molar-refractivity contribution in [2.24, 2.45) is 0 Å². The first kappa shape index (κ1) is 14.6. The topological polar surface area (TPSA) is 105 Å². The van der Waals surface area contributed by atoms with Gasteiger partial charge in [-0.25, -0.2) is 15.0 Å². The predicted molar refractivity (Wildman–Crippen MR) is 90.8 cm³/mol. The van der Waals surface area contributed by atoms with Gasteiger partial charge in [-0.1, -0.05) is 6.08 Å². The van der Waals surface area contributed by atoms with Crippen LogP contribution in [-0.4, -0.2) is 55.9 Å². The lowest BCUT2D eigenvalue weighted by atomic mass is 10.1. The van der Waals surface area contributed by atoms with Gasteiger partial charge in [0.2, 0.25) is 7.09 Å². The van der Waals surface area contributed by atoms with E-state index in [1.165, 1.54) is 6.33 Å². The minimum Gasteiger partial charge on any atom is -0.382 e. The van der Waals surface area contributed by atoms with Gasteiger partial charge in [-0.2, -0.15) is 0 Å². The summed E-state index contributed by atoms with van der Waals surface area (Å²) in [6.07, 6.45) is 4.40. The van der Waals surface area contributed by atoms with Gasteiger partial charge in [-0.05, 0) is 31.4 Å². The Balaban J connectivity index is 1.77. The van der Waals surface area contributed by atoms with E-state index in [1.54, 1.807) is 6.33 Å². The second-order valence-electron chi connectivity index (χ2n) is 6.36. The maximum atomic E-state index is 11.8. The van der Waals surface area contributed by atoms with Crippen molar-refractivity contribution in [1.82, 2.24) is 19.5 Å². The smallest absolute Gasteiger partial charge is 0.216 e. The standard InChI is InChI=1S/C14H17BN5O3S/c1-14(2)22-10-7(4-24(15)21)3-8(11(10)23-14)20-6-19-9-12(16)17-5-18-13(9)20/h3,5-6,8,10-11,15H,4H2,1-2H3,(H2,16,17,18)/t8-,10-,11?,24?/m1/s1/i15T. The van der Waals surface area contributed by atoms with Crippen molar-refractivity contribution in [3.63, 3.8) is 0 Å². The van der Waals surface area contributed by atoms with E-state index >= 15 is 0 Å². The fraction of sp³-hybridized carbons (Fsp3) is 0.500. The SMILES string of the molecule is [3H][B]S(=O)CC1=C[C@@H](n2cnc3c(N)ncnc32)C2OC(C)(C)O[C@H]12. The van der Waals surface area contributed by atoms with Crippen molar-refractivity contribution in [2.45, 2.75) is 37.9 Å². The highest BCUT2D eigenvalue weighted by Crippen LogP contribution is 2.44. The van der Waals surface area contributed by atoms with Crippen LogP contribution in [0.3, 0.4) is 0 Å². The van der Waals surface area contributed by atoms with Gasteiger partial charge in [-0.3, -0.25) is 4.21 Å². The minimum atomic E-state index is -1.38. The molecule has 2 N–H and O–H groups in total. The number of imidazole rings is 1. The lowest BCUT2D eigenvalue weighted by Gasteiger charge is -2.21. The Morgan fingerprint density at radius 3 is 3.08 bits per heavy atom. The number of nitrogen functional groups attached to an aromatic ring is 1. The van der Waals surface area contributed by atoms with Crippen LogP contribution in [0.25, 0.3) is 11.2 Å². The second-order valence-corrected chi connectivity index (χ2v) is 7.41. The highest BCUT2D eigenvalue weighted by Gasteiger charge is 2.50. The third kappa shape index (κ3) is 2.45. The molecule has 1 aliphatic heterocycles. The summed E-state index contributed by atoms with van der Waals surface area (Å²) in [5.74, 6) is -0.190. The summed E-state index contributed by atoms with van der Waals surface area (Å²) in [6.45, 7) is 3.69. The maximum Gasteiger partial charge on any atom is 0.216 e. The highest BCUT2D eigenvalue weighted by atomic mass is 32.2. The van der Waals surface area contributed by atoms with Crippen molar-refractivity contribution in [3.05, 3.63) is 24.3 Å². The first-order chi connectivity index (χ1) is 11.9. The van der Waals surface area contributed by atoms with Crippen molar-refractivity contribution in [3.8, 4) is 0 Å². The molecule has 125 valence electrons. The molecule has 8 nitrogen and oxygen atoms in total. The molecule has 2 aromatic rings. The Morgan fingerprint density at radius 1 is 1.46 bits per heavy atom. The zero-order chi connectivity index (χ0) is 17.8. The molecule has 0 aromatic carbocycles. The molecular formula is C14H17BN5O3S. The zero-order valence-corrected chi connectivity index (χ0v) is 14.1. The van der Waals surface area contributed by atoms with Gasteiger partial charge in [-0.15, -0.1) is 0 Å². The van der Waals surface area contributed by atoms with Gasteiger partial charge in [0, 0.05) is 5.75 Å². The van der Waals surface area contributed by atoms with Crippen LogP contribution in [0.2, 0.25) is 0 Å². The van der Waals surface area contributed by atoms with Gasteiger partial charge < -0.3 is 19.8 Å². The zero-order valence-electron chi connectivity index (χ0n) is 14.2. The molecule has 1 saturated heterocycles. The molecule has 4 atom stereocenters. The summed E-state index contributed by atoms with van der Waals surface area (Å²) in [5.41, 5.74) is 7.86. The number of aromatic nitrogens is 4. The molecule has 0 saturated carbocycles. The fourth-order valence-electron chi connectivity index (χ4n) is 3.36. The van der Waals surface area contributed by atoms with Crippen LogP contribution in [0.5, 0.6) is 0 Å². The minimum absolute atomic E-state index is 0.219. The molecule has 4 rings (SSSR count). The number of anilines is 1. The highest BCUT2D eigenvalue weighted by molar-refractivity contribution is 8.06. The Hall–Kier alpha value is -1.78. The Labute approximate surface area is 143 Å². The summed E-state index contributed by atoms with van der Waals surface area (Å²) >= 11 is 0. The van der Waals surface area contributed by atoms with Crippen LogP contribution < -0.4 is 5.73 Å². The molecule has 2 aliphatic rings. The molecule has 1 fully saturated rings. The van der Waals surface area contributed by atoms with E-state index in [1.807, 2.05) is 24.5 Å². The largest absolute Gasteiger partial charge is 0.382 e. The molecule has 24 heavy (non-hydrogen) atoms. The van der Waals surface area contributed by atoms with Gasteiger partial charge in [0.05, 0.1) is 12.4 Å². The first-order valence-electron chi connectivity index (χ1n) is 8.05. The molecule has 2 unspecified atom stereocenters. The monoisotopic (exact) mass is 348 g/mol. The van der Waals surface area contributed by atoms with Gasteiger partial charge in [0.15, 0.2) is 17.3 Å². The normalized spacial score (nSPS) is 30.0. The van der Waals surface area contributed by atoms with E-state index in [2.05, 4.69) is 15.0 Å². The molecule has 1 aliphatic carbocycles. The van der Waals surface area contributed by atoms with Crippen LogP contribution in [-0.2, 0) is 20.1 Å². The van der Waals surface area contributed by atoms with Crippen molar-refractivity contribution in [2.75, 3.05) is 11.5 Å². The third-order valence-corrected chi connectivity index (χ3v) is 4.85. The Bertz CT molecular complexity index is 888.